The summed E-state index contributed by atoms with van der Waals surface area (Å²) in [6.45, 7) is 0. The minimum absolute atomic E-state index is 0.914. The molecule has 24 valence electrons. The van der Waals surface area contributed by atoms with Crippen molar-refractivity contribution < 1.29 is 0 Å². The Labute approximate surface area is 31.0 Å². The van der Waals surface area contributed by atoms with E-state index in [0.717, 1.165) is 6.16 Å². The molecule has 0 amide bonds. The Morgan fingerprint density at radius 1 is 2.00 bits per heavy atom. The van der Waals surface area contributed by atoms with Gasteiger partial charge in [0.15, 0.2) is 0 Å². The van der Waals surface area contributed by atoms with Gasteiger partial charge in [-0.25, -0.2) is 0 Å². The lowest BCUT2D eigenvalue weighted by atomic mass is 11.0. The first kappa shape index (κ1) is 4.60. The Morgan fingerprint density at radius 2 is 2.25 bits per heavy atom. The van der Waals surface area contributed by atoms with Crippen LogP contribution in [0.3, 0.4) is 0 Å². The first-order valence-electron chi connectivity index (χ1n) is 1.05. The third-order valence-electron chi connectivity index (χ3n) is 0.102. The van der Waals surface area contributed by atoms with Gasteiger partial charge in [0, 0.05) is 0 Å². The van der Waals surface area contributed by atoms with E-state index in [9.17, 15) is 0 Å². The Bertz CT molecular complexity index is 18.0. The highest BCUT2D eigenvalue weighted by molar-refractivity contribution is 7.25. The van der Waals surface area contributed by atoms with Gasteiger partial charge in [-0.3, -0.25) is 0 Å². The molecule has 0 heterocycles. The SMILES string of the molecule is P=CC[PH-]. The van der Waals surface area contributed by atoms with Crippen molar-refractivity contribution in [1.82, 2.24) is 0 Å². The highest BCUT2D eigenvalue weighted by Gasteiger charge is 1.32. The van der Waals surface area contributed by atoms with E-state index in [2.05, 4.69) is 18.1 Å². The first-order valence-corrected chi connectivity index (χ1v) is 2.33. The molecule has 4 heavy (non-hydrogen) atoms. The first-order chi connectivity index (χ1) is 1.91. The van der Waals surface area contributed by atoms with Crippen LogP contribution in [0.15, 0.2) is 0 Å². The van der Waals surface area contributed by atoms with Gasteiger partial charge >= 0.3 is 0 Å². The van der Waals surface area contributed by atoms with Gasteiger partial charge in [0.2, 0.25) is 0 Å². The van der Waals surface area contributed by atoms with E-state index in [1.807, 2.05) is 5.80 Å². The molecule has 0 rings (SSSR count). The van der Waals surface area contributed by atoms with Gasteiger partial charge in [-0.1, -0.05) is 5.80 Å². The topological polar surface area (TPSA) is 0 Å². The van der Waals surface area contributed by atoms with Crippen LogP contribution in [-0.4, -0.2) is 12.0 Å². The second-order valence-electron chi connectivity index (χ2n) is 0.408. The van der Waals surface area contributed by atoms with Gasteiger partial charge in [0.05, 0.1) is 0 Å². The molecule has 0 bridgehead atoms. The average molecular weight is 91.0 g/mol. The highest BCUT2D eigenvalue weighted by Crippen LogP contribution is 1.71. The third-order valence-corrected chi connectivity index (χ3v) is 0.919. The highest BCUT2D eigenvalue weighted by atomic mass is 31.0. The summed E-state index contributed by atoms with van der Waals surface area (Å²) in [5.41, 5.74) is 0. The summed E-state index contributed by atoms with van der Waals surface area (Å²) >= 11 is 0. The third kappa shape index (κ3) is 2.60. The molecule has 0 aliphatic rings. The van der Waals surface area contributed by atoms with Crippen molar-refractivity contribution >= 4 is 23.9 Å². The molecule has 2 heteroatoms. The van der Waals surface area contributed by atoms with Crippen LogP contribution >= 0.6 is 18.1 Å². The summed E-state index contributed by atoms with van der Waals surface area (Å²) in [5.74, 6) is 1.84. The molecule has 0 radical (unpaired) electrons. The summed E-state index contributed by atoms with van der Waals surface area (Å²) in [7, 11) is 6.30. The molecule has 0 unspecified atom stereocenters. The van der Waals surface area contributed by atoms with Crippen LogP contribution in [0.25, 0.3) is 0 Å². The van der Waals surface area contributed by atoms with E-state index >= 15 is 0 Å². The summed E-state index contributed by atoms with van der Waals surface area (Å²) in [6.07, 6.45) is 0.914. The standard InChI is InChI=1S/C2H5P2/c3-1-2-4/h1,3-4H,2H2/q-1. The van der Waals surface area contributed by atoms with Crippen molar-refractivity contribution in [1.29, 1.82) is 0 Å². The molecule has 0 saturated carbocycles. The Morgan fingerprint density at radius 3 is 2.25 bits per heavy atom. The van der Waals surface area contributed by atoms with Crippen LogP contribution in [0.2, 0.25) is 0 Å². The lowest BCUT2D eigenvalue weighted by Gasteiger charge is -1.75. The van der Waals surface area contributed by atoms with Gasteiger partial charge in [-0.2, -0.15) is 6.16 Å². The molecule has 0 N–H and O–H groups in total. The predicted octanol–water partition coefficient (Wildman–Crippen LogP) is 1.07. The van der Waals surface area contributed by atoms with E-state index in [0.29, 0.717) is 0 Å². The van der Waals surface area contributed by atoms with Crippen molar-refractivity contribution in [2.24, 2.45) is 0 Å². The minimum Gasteiger partial charge on any atom is -0.554 e. The van der Waals surface area contributed by atoms with Gasteiger partial charge in [0.25, 0.3) is 0 Å². The Balaban J connectivity index is 2.30. The fourth-order valence-corrected chi connectivity index (χ4v) is 0. The molecule has 0 aromatic carbocycles. The maximum atomic E-state index is 3.18. The van der Waals surface area contributed by atoms with E-state index in [1.165, 1.54) is 0 Å². The van der Waals surface area contributed by atoms with Crippen molar-refractivity contribution in [3.63, 3.8) is 0 Å². The lowest BCUT2D eigenvalue weighted by Crippen LogP contribution is -1.55. The van der Waals surface area contributed by atoms with Crippen molar-refractivity contribution in [3.05, 3.63) is 0 Å². The second kappa shape index (κ2) is 3.60. The smallest absolute Gasteiger partial charge is 0.0929 e. The van der Waals surface area contributed by atoms with Crippen molar-refractivity contribution in [2.45, 2.75) is 0 Å². The fraction of sp³-hybridized carbons (Fsp3) is 0.500. The van der Waals surface area contributed by atoms with Gasteiger partial charge in [-0.15, -0.1) is 8.86 Å². The zero-order valence-electron chi connectivity index (χ0n) is 2.28. The van der Waals surface area contributed by atoms with Gasteiger partial charge in [-0.05, 0) is 0 Å². The van der Waals surface area contributed by atoms with E-state index in [1.54, 1.807) is 0 Å². The predicted molar refractivity (Wildman–Crippen MR) is 27.6 cm³/mol. The molecule has 0 atom stereocenters. The van der Waals surface area contributed by atoms with Crippen molar-refractivity contribution in [2.75, 3.05) is 6.16 Å². The number of hydrogen-bond donors (Lipinski definition) is 0. The quantitative estimate of drug-likeness (QED) is 0.423. The average Bonchev–Trinajstić information content (AvgIpc) is 1.37. The molecule has 0 spiro atoms. The zero-order chi connectivity index (χ0) is 3.41. The normalized spacial score (nSPS) is 6.25. The van der Waals surface area contributed by atoms with Gasteiger partial charge < -0.3 is 9.24 Å². The second-order valence-corrected chi connectivity index (χ2v) is 1.22. The van der Waals surface area contributed by atoms with E-state index < -0.39 is 0 Å². The van der Waals surface area contributed by atoms with Crippen LogP contribution in [0.4, 0.5) is 0 Å². The van der Waals surface area contributed by atoms with Crippen molar-refractivity contribution in [3.8, 4) is 0 Å². The largest absolute Gasteiger partial charge is 0.554 e. The molecule has 0 aromatic rings. The molecule has 0 fully saturated rings. The number of hydrogen-bond acceptors (Lipinski definition) is 0. The summed E-state index contributed by atoms with van der Waals surface area (Å²) in [4.78, 5) is 0. The molecular formula is C2H5P2-. The van der Waals surface area contributed by atoms with Crippen LogP contribution in [0.1, 0.15) is 0 Å². The Hall–Kier alpha value is 0.600. The van der Waals surface area contributed by atoms with Crippen LogP contribution < -0.4 is 0 Å². The Kier molecular flexibility index (Phi) is 4.14. The van der Waals surface area contributed by atoms with Gasteiger partial charge in [0.1, 0.15) is 0 Å². The monoisotopic (exact) mass is 91.0 g/mol. The molecule has 0 aromatic heterocycles. The van der Waals surface area contributed by atoms with Crippen LogP contribution in [0.5, 0.6) is 0 Å². The minimum atomic E-state index is 0.914. The molecule has 0 saturated heterocycles. The van der Waals surface area contributed by atoms with E-state index in [4.69, 9.17) is 0 Å². The molecule has 0 nitrogen and oxygen atoms in total. The molecule has 0 aliphatic heterocycles. The summed E-state index contributed by atoms with van der Waals surface area (Å²) in [5, 5.41) is 0. The zero-order valence-corrected chi connectivity index (χ0v) is 4.28. The fourth-order valence-electron chi connectivity index (χ4n) is 0. The van der Waals surface area contributed by atoms with Crippen LogP contribution in [0, 0.1) is 0 Å². The summed E-state index contributed by atoms with van der Waals surface area (Å²) < 4.78 is 0. The number of rotatable bonds is 1. The van der Waals surface area contributed by atoms with E-state index in [-0.39, 0.29) is 0 Å². The summed E-state index contributed by atoms with van der Waals surface area (Å²) in [6, 6.07) is 0. The maximum absolute atomic E-state index is 3.18. The maximum Gasteiger partial charge on any atom is -0.0929 e. The molecular weight excluding hydrogens is 86.0 g/mol. The molecule has 0 aliphatic carbocycles. The van der Waals surface area contributed by atoms with Crippen LogP contribution in [-0.2, 0) is 0 Å². The lowest BCUT2D eigenvalue weighted by molar-refractivity contribution is 2.18.